The van der Waals surface area contributed by atoms with Crippen LogP contribution >= 0.6 is 11.6 Å². The number of halogens is 1. The SMILES string of the molecule is O=C(NCc1ccc2c(c1)OCO2)NCc1ccccc1Cl. The Kier molecular flexibility index (Phi) is 4.34. The second kappa shape index (κ2) is 6.58. The van der Waals surface area contributed by atoms with E-state index in [0.29, 0.717) is 23.9 Å². The lowest BCUT2D eigenvalue weighted by atomic mass is 10.2. The van der Waals surface area contributed by atoms with Crippen molar-refractivity contribution in [2.75, 3.05) is 6.79 Å². The standard InChI is InChI=1S/C16H15ClN2O3/c17-13-4-2-1-3-12(13)9-19-16(20)18-8-11-5-6-14-15(7-11)22-10-21-14/h1-7H,8-10H2,(H2,18,19,20). The summed E-state index contributed by atoms with van der Waals surface area (Å²) in [5.74, 6) is 1.43. The smallest absolute Gasteiger partial charge is 0.315 e. The summed E-state index contributed by atoms with van der Waals surface area (Å²) in [6.45, 7) is 1.03. The third kappa shape index (κ3) is 3.43. The van der Waals surface area contributed by atoms with E-state index in [1.54, 1.807) is 6.07 Å². The molecule has 1 aliphatic rings. The Morgan fingerprint density at radius 3 is 2.68 bits per heavy atom. The molecule has 0 saturated carbocycles. The van der Waals surface area contributed by atoms with Crippen LogP contribution in [0, 0.1) is 0 Å². The highest BCUT2D eigenvalue weighted by atomic mass is 35.5. The zero-order valence-electron chi connectivity index (χ0n) is 11.8. The molecule has 0 atom stereocenters. The number of amides is 2. The minimum atomic E-state index is -0.252. The van der Waals surface area contributed by atoms with Gasteiger partial charge in [0.25, 0.3) is 0 Å². The molecule has 1 aliphatic heterocycles. The maximum Gasteiger partial charge on any atom is 0.315 e. The van der Waals surface area contributed by atoms with Crippen LogP contribution in [0.3, 0.4) is 0 Å². The maximum atomic E-state index is 11.8. The highest BCUT2D eigenvalue weighted by molar-refractivity contribution is 6.31. The van der Waals surface area contributed by atoms with Crippen molar-refractivity contribution < 1.29 is 14.3 Å². The van der Waals surface area contributed by atoms with Gasteiger partial charge >= 0.3 is 6.03 Å². The van der Waals surface area contributed by atoms with E-state index >= 15 is 0 Å². The van der Waals surface area contributed by atoms with E-state index in [9.17, 15) is 4.79 Å². The van der Waals surface area contributed by atoms with Gasteiger partial charge < -0.3 is 20.1 Å². The largest absolute Gasteiger partial charge is 0.454 e. The summed E-state index contributed by atoms with van der Waals surface area (Å²) in [5.41, 5.74) is 1.82. The first-order valence-corrected chi connectivity index (χ1v) is 7.24. The third-order valence-electron chi connectivity index (χ3n) is 3.29. The number of benzene rings is 2. The van der Waals surface area contributed by atoms with Crippen molar-refractivity contribution in [3.05, 3.63) is 58.6 Å². The highest BCUT2D eigenvalue weighted by Gasteiger charge is 2.13. The van der Waals surface area contributed by atoms with Gasteiger partial charge in [-0.3, -0.25) is 0 Å². The number of fused-ring (bicyclic) bond motifs is 1. The molecule has 0 aromatic heterocycles. The molecule has 114 valence electrons. The molecular weight excluding hydrogens is 304 g/mol. The third-order valence-corrected chi connectivity index (χ3v) is 3.66. The number of hydrogen-bond donors (Lipinski definition) is 2. The number of carbonyl (C=O) groups excluding carboxylic acids is 1. The lowest BCUT2D eigenvalue weighted by Crippen LogP contribution is -2.34. The van der Waals surface area contributed by atoms with Crippen molar-refractivity contribution in [1.29, 1.82) is 0 Å². The molecule has 22 heavy (non-hydrogen) atoms. The minimum absolute atomic E-state index is 0.241. The predicted octanol–water partition coefficient (Wildman–Crippen LogP) is 3.07. The Morgan fingerprint density at radius 2 is 1.82 bits per heavy atom. The molecule has 6 heteroatoms. The number of urea groups is 1. The van der Waals surface area contributed by atoms with Gasteiger partial charge in [-0.05, 0) is 29.3 Å². The fourth-order valence-corrected chi connectivity index (χ4v) is 2.32. The molecule has 1 heterocycles. The molecule has 2 aromatic rings. The van der Waals surface area contributed by atoms with Gasteiger partial charge in [-0.2, -0.15) is 0 Å². The molecular formula is C16H15ClN2O3. The molecule has 2 amide bonds. The second-order valence-electron chi connectivity index (χ2n) is 4.82. The van der Waals surface area contributed by atoms with Crippen LogP contribution in [0.15, 0.2) is 42.5 Å². The van der Waals surface area contributed by atoms with Crippen LogP contribution < -0.4 is 20.1 Å². The average molecular weight is 319 g/mol. The summed E-state index contributed by atoms with van der Waals surface area (Å²) in [4.78, 5) is 11.8. The second-order valence-corrected chi connectivity index (χ2v) is 5.22. The van der Waals surface area contributed by atoms with Crippen LogP contribution in [0.1, 0.15) is 11.1 Å². The summed E-state index contributed by atoms with van der Waals surface area (Å²) in [5, 5.41) is 6.20. The topological polar surface area (TPSA) is 59.6 Å². The monoisotopic (exact) mass is 318 g/mol. The molecule has 0 bridgehead atoms. The van der Waals surface area contributed by atoms with Crippen LogP contribution in [0.2, 0.25) is 5.02 Å². The van der Waals surface area contributed by atoms with E-state index in [2.05, 4.69) is 10.6 Å². The van der Waals surface area contributed by atoms with Crippen LogP contribution in [0.5, 0.6) is 11.5 Å². The van der Waals surface area contributed by atoms with Gasteiger partial charge in [-0.15, -0.1) is 0 Å². The van der Waals surface area contributed by atoms with Gasteiger partial charge in [-0.1, -0.05) is 35.9 Å². The first kappa shape index (κ1) is 14.5. The van der Waals surface area contributed by atoms with E-state index in [1.807, 2.05) is 36.4 Å². The molecule has 0 aliphatic carbocycles. The summed E-state index contributed by atoms with van der Waals surface area (Å²) < 4.78 is 10.5. The Hall–Kier alpha value is -2.40. The number of rotatable bonds is 4. The van der Waals surface area contributed by atoms with E-state index in [4.69, 9.17) is 21.1 Å². The van der Waals surface area contributed by atoms with E-state index < -0.39 is 0 Å². The molecule has 5 nitrogen and oxygen atoms in total. The van der Waals surface area contributed by atoms with Crippen molar-refractivity contribution in [2.24, 2.45) is 0 Å². The lowest BCUT2D eigenvalue weighted by Gasteiger charge is -2.09. The summed E-state index contributed by atoms with van der Waals surface area (Å²) in [7, 11) is 0. The van der Waals surface area contributed by atoms with Crippen LogP contribution in [-0.4, -0.2) is 12.8 Å². The van der Waals surface area contributed by atoms with Crippen molar-refractivity contribution in [1.82, 2.24) is 10.6 Å². The van der Waals surface area contributed by atoms with Gasteiger partial charge in [-0.25, -0.2) is 4.79 Å². The zero-order valence-corrected chi connectivity index (χ0v) is 12.5. The van der Waals surface area contributed by atoms with Gasteiger partial charge in [0.15, 0.2) is 11.5 Å². The number of nitrogens with one attached hydrogen (secondary N) is 2. The van der Waals surface area contributed by atoms with E-state index in [0.717, 1.165) is 16.9 Å². The molecule has 3 rings (SSSR count). The highest BCUT2D eigenvalue weighted by Crippen LogP contribution is 2.32. The van der Waals surface area contributed by atoms with Gasteiger partial charge in [0.05, 0.1) is 0 Å². The molecule has 0 spiro atoms. The molecule has 2 aromatic carbocycles. The number of ether oxygens (including phenoxy) is 2. The van der Waals surface area contributed by atoms with Gasteiger partial charge in [0.1, 0.15) is 0 Å². The predicted molar refractivity (Wildman–Crippen MR) is 83.1 cm³/mol. The molecule has 0 unspecified atom stereocenters. The van der Waals surface area contributed by atoms with E-state index in [-0.39, 0.29) is 12.8 Å². The van der Waals surface area contributed by atoms with Crippen LogP contribution in [0.25, 0.3) is 0 Å². The van der Waals surface area contributed by atoms with E-state index in [1.165, 1.54) is 0 Å². The Bertz CT molecular complexity index is 691. The maximum absolute atomic E-state index is 11.8. The number of carbonyl (C=O) groups is 1. The first-order valence-electron chi connectivity index (χ1n) is 6.86. The van der Waals surface area contributed by atoms with Gasteiger partial charge in [0.2, 0.25) is 6.79 Å². The van der Waals surface area contributed by atoms with Crippen molar-refractivity contribution in [3.8, 4) is 11.5 Å². The summed E-state index contributed by atoms with van der Waals surface area (Å²) in [6, 6.07) is 12.7. The van der Waals surface area contributed by atoms with Crippen molar-refractivity contribution >= 4 is 17.6 Å². The molecule has 0 radical (unpaired) electrons. The normalized spacial score (nSPS) is 12.0. The Labute approximate surface area is 133 Å². The summed E-state index contributed by atoms with van der Waals surface area (Å²) in [6.07, 6.45) is 0. The van der Waals surface area contributed by atoms with Crippen molar-refractivity contribution in [2.45, 2.75) is 13.1 Å². The molecule has 0 saturated heterocycles. The van der Waals surface area contributed by atoms with Gasteiger partial charge in [0, 0.05) is 18.1 Å². The fraction of sp³-hybridized carbons (Fsp3) is 0.188. The lowest BCUT2D eigenvalue weighted by molar-refractivity contribution is 0.174. The summed E-state index contributed by atoms with van der Waals surface area (Å²) >= 11 is 6.04. The van der Waals surface area contributed by atoms with Crippen LogP contribution in [-0.2, 0) is 13.1 Å². The Morgan fingerprint density at radius 1 is 1.05 bits per heavy atom. The fourth-order valence-electron chi connectivity index (χ4n) is 2.11. The average Bonchev–Trinajstić information content (AvgIpc) is 2.99. The zero-order chi connectivity index (χ0) is 15.4. The first-order chi connectivity index (χ1) is 10.7. The minimum Gasteiger partial charge on any atom is -0.454 e. The quantitative estimate of drug-likeness (QED) is 0.911. The van der Waals surface area contributed by atoms with Crippen LogP contribution in [0.4, 0.5) is 4.79 Å². The molecule has 2 N–H and O–H groups in total. The number of hydrogen-bond acceptors (Lipinski definition) is 3. The van der Waals surface area contributed by atoms with Crippen molar-refractivity contribution in [3.63, 3.8) is 0 Å². The molecule has 0 fully saturated rings. The Balaban J connectivity index is 1.49.